The van der Waals surface area contributed by atoms with Crippen LogP contribution >= 0.6 is 15.9 Å². The third-order valence-electron chi connectivity index (χ3n) is 2.45. The summed E-state index contributed by atoms with van der Waals surface area (Å²) in [7, 11) is 1.66. The first-order valence-corrected chi connectivity index (χ1v) is 5.78. The van der Waals surface area contributed by atoms with E-state index < -0.39 is 6.43 Å². The normalized spacial score (nSPS) is 13.4. The number of hydrogen-bond acceptors (Lipinski definition) is 2. The second-order valence-electron chi connectivity index (χ2n) is 3.60. The smallest absolute Gasteiger partial charge is 0.251 e. The summed E-state index contributed by atoms with van der Waals surface area (Å²) in [5, 5.41) is 0. The summed E-state index contributed by atoms with van der Waals surface area (Å²) in [6, 6.07) is 7.34. The molecule has 0 radical (unpaired) electrons. The van der Waals surface area contributed by atoms with Crippen LogP contribution in [-0.2, 0) is 0 Å². The van der Waals surface area contributed by atoms with Crippen molar-refractivity contribution in [1.82, 2.24) is 4.90 Å². The largest absolute Gasteiger partial charge is 0.329 e. The quantitative estimate of drug-likeness (QED) is 0.904. The van der Waals surface area contributed by atoms with Gasteiger partial charge in [-0.1, -0.05) is 34.1 Å². The number of nitrogens with two attached hydrogens (primary N) is 1. The molecule has 0 saturated carbocycles. The van der Waals surface area contributed by atoms with E-state index in [4.69, 9.17) is 5.73 Å². The van der Waals surface area contributed by atoms with Crippen molar-refractivity contribution in [3.05, 3.63) is 34.3 Å². The van der Waals surface area contributed by atoms with Crippen molar-refractivity contribution >= 4 is 15.9 Å². The Bertz CT molecular complexity index is 334. The van der Waals surface area contributed by atoms with Gasteiger partial charge in [-0.2, -0.15) is 0 Å². The molecule has 0 amide bonds. The third-order valence-corrected chi connectivity index (χ3v) is 3.17. The zero-order valence-corrected chi connectivity index (χ0v) is 10.6. The number of nitrogens with zero attached hydrogens (tertiary/aromatic N) is 1. The first-order chi connectivity index (χ1) is 7.56. The molecule has 0 spiro atoms. The van der Waals surface area contributed by atoms with Gasteiger partial charge in [0.2, 0.25) is 0 Å². The van der Waals surface area contributed by atoms with Crippen LogP contribution in [0.25, 0.3) is 0 Å². The molecule has 1 aromatic carbocycles. The molecule has 90 valence electrons. The summed E-state index contributed by atoms with van der Waals surface area (Å²) in [5.74, 6) is 0. The zero-order chi connectivity index (χ0) is 12.1. The molecule has 5 heteroatoms. The predicted octanol–water partition coefficient (Wildman–Crippen LogP) is 2.65. The number of benzene rings is 1. The molecule has 0 saturated heterocycles. The molecule has 0 heterocycles. The van der Waals surface area contributed by atoms with Crippen molar-refractivity contribution in [3.8, 4) is 0 Å². The molecule has 1 atom stereocenters. The van der Waals surface area contributed by atoms with Gasteiger partial charge in [0.1, 0.15) is 0 Å². The lowest BCUT2D eigenvalue weighted by Gasteiger charge is -2.27. The van der Waals surface area contributed by atoms with Crippen molar-refractivity contribution in [2.45, 2.75) is 12.5 Å². The summed E-state index contributed by atoms with van der Waals surface area (Å²) < 4.78 is 25.5. The molecule has 0 aromatic heterocycles. The van der Waals surface area contributed by atoms with Crippen LogP contribution in [-0.4, -0.2) is 31.5 Å². The monoisotopic (exact) mass is 292 g/mol. The molecule has 1 rings (SSSR count). The van der Waals surface area contributed by atoms with Crippen LogP contribution in [0.2, 0.25) is 0 Å². The minimum Gasteiger partial charge on any atom is -0.329 e. The van der Waals surface area contributed by atoms with E-state index in [0.717, 1.165) is 10.0 Å². The summed E-state index contributed by atoms with van der Waals surface area (Å²) >= 11 is 3.40. The second kappa shape index (κ2) is 6.27. The minimum absolute atomic E-state index is 0.190. The first kappa shape index (κ1) is 13.5. The molecule has 0 bridgehead atoms. The van der Waals surface area contributed by atoms with Gasteiger partial charge in [-0.15, -0.1) is 0 Å². The fourth-order valence-corrected chi connectivity index (χ4v) is 2.18. The standard InChI is InChI=1S/C11H15BrF2N2/c1-16(7-11(13)14)10(6-15)8-4-2-3-5-9(8)12/h2-5,10-11H,6-7,15H2,1H3. The first-order valence-electron chi connectivity index (χ1n) is 4.99. The molecule has 0 aliphatic rings. The molecule has 2 nitrogen and oxygen atoms in total. The summed E-state index contributed by atoms with van der Waals surface area (Å²) in [4.78, 5) is 1.57. The number of rotatable bonds is 5. The third kappa shape index (κ3) is 3.50. The van der Waals surface area contributed by atoms with E-state index in [0.29, 0.717) is 6.54 Å². The topological polar surface area (TPSA) is 29.3 Å². The Morgan fingerprint density at radius 2 is 2.00 bits per heavy atom. The predicted molar refractivity (Wildman–Crippen MR) is 64.6 cm³/mol. The van der Waals surface area contributed by atoms with Crippen LogP contribution in [0.1, 0.15) is 11.6 Å². The van der Waals surface area contributed by atoms with Gasteiger partial charge >= 0.3 is 0 Å². The van der Waals surface area contributed by atoms with E-state index in [9.17, 15) is 8.78 Å². The summed E-state index contributed by atoms with van der Waals surface area (Å²) in [6.07, 6.45) is -2.35. The van der Waals surface area contributed by atoms with E-state index >= 15 is 0 Å². The van der Waals surface area contributed by atoms with Crippen molar-refractivity contribution < 1.29 is 8.78 Å². The van der Waals surface area contributed by atoms with E-state index in [1.54, 1.807) is 11.9 Å². The molecule has 0 fully saturated rings. The Hall–Kier alpha value is -0.520. The minimum atomic E-state index is -2.35. The van der Waals surface area contributed by atoms with Gasteiger partial charge < -0.3 is 5.73 Å². The van der Waals surface area contributed by atoms with Crippen molar-refractivity contribution in [3.63, 3.8) is 0 Å². The van der Waals surface area contributed by atoms with Crippen molar-refractivity contribution in [2.24, 2.45) is 5.73 Å². The molecule has 2 N–H and O–H groups in total. The lowest BCUT2D eigenvalue weighted by atomic mass is 10.1. The highest BCUT2D eigenvalue weighted by atomic mass is 79.9. The maximum absolute atomic E-state index is 12.3. The van der Waals surface area contributed by atoms with Crippen molar-refractivity contribution in [1.29, 1.82) is 0 Å². The van der Waals surface area contributed by atoms with Gasteiger partial charge in [0.25, 0.3) is 6.43 Å². The average Bonchev–Trinajstić information content (AvgIpc) is 2.20. The van der Waals surface area contributed by atoms with Crippen LogP contribution in [0.4, 0.5) is 8.78 Å². The highest BCUT2D eigenvalue weighted by molar-refractivity contribution is 9.10. The fourth-order valence-electron chi connectivity index (χ4n) is 1.63. The van der Waals surface area contributed by atoms with Gasteiger partial charge in [0.15, 0.2) is 0 Å². The second-order valence-corrected chi connectivity index (χ2v) is 4.46. The molecule has 1 aromatic rings. The molecular weight excluding hydrogens is 278 g/mol. The van der Waals surface area contributed by atoms with E-state index in [-0.39, 0.29) is 12.6 Å². The molecular formula is C11H15BrF2N2. The summed E-state index contributed by atoms with van der Waals surface area (Å²) in [5.41, 5.74) is 6.58. The maximum Gasteiger partial charge on any atom is 0.251 e. The Morgan fingerprint density at radius 3 is 2.50 bits per heavy atom. The van der Waals surface area contributed by atoms with Crippen LogP contribution in [0.15, 0.2) is 28.7 Å². The number of alkyl halides is 2. The summed E-state index contributed by atoms with van der Waals surface area (Å²) in [6.45, 7) is 0.0367. The number of hydrogen-bond donors (Lipinski definition) is 1. The van der Waals surface area contributed by atoms with E-state index in [1.807, 2.05) is 24.3 Å². The van der Waals surface area contributed by atoms with Gasteiger partial charge in [0, 0.05) is 17.1 Å². The molecule has 1 unspecified atom stereocenters. The molecule has 0 aliphatic carbocycles. The van der Waals surface area contributed by atoms with Crippen LogP contribution < -0.4 is 5.73 Å². The SMILES string of the molecule is CN(CC(F)F)C(CN)c1ccccc1Br. The van der Waals surface area contributed by atoms with Gasteiger partial charge in [0.05, 0.1) is 6.54 Å². The number of halogens is 3. The maximum atomic E-state index is 12.3. The van der Waals surface area contributed by atoms with E-state index in [1.165, 1.54) is 0 Å². The average molecular weight is 293 g/mol. The fraction of sp³-hybridized carbons (Fsp3) is 0.455. The Labute approximate surface area is 103 Å². The zero-order valence-electron chi connectivity index (χ0n) is 9.04. The van der Waals surface area contributed by atoms with Crippen LogP contribution in [0.5, 0.6) is 0 Å². The lowest BCUT2D eigenvalue weighted by Crippen LogP contribution is -2.34. The molecule has 0 aliphatic heterocycles. The molecule has 16 heavy (non-hydrogen) atoms. The van der Waals surface area contributed by atoms with E-state index in [2.05, 4.69) is 15.9 Å². The Balaban J connectivity index is 2.86. The van der Waals surface area contributed by atoms with Crippen molar-refractivity contribution in [2.75, 3.05) is 20.1 Å². The van der Waals surface area contributed by atoms with Gasteiger partial charge in [-0.05, 0) is 18.7 Å². The van der Waals surface area contributed by atoms with Gasteiger partial charge in [-0.3, -0.25) is 4.90 Å². The Morgan fingerprint density at radius 1 is 1.38 bits per heavy atom. The Kier molecular flexibility index (Phi) is 5.31. The number of likely N-dealkylation sites (N-methyl/N-ethyl adjacent to an activating group) is 1. The van der Waals surface area contributed by atoms with Crippen LogP contribution in [0, 0.1) is 0 Å². The van der Waals surface area contributed by atoms with Crippen LogP contribution in [0.3, 0.4) is 0 Å². The van der Waals surface area contributed by atoms with Gasteiger partial charge in [-0.25, -0.2) is 8.78 Å². The highest BCUT2D eigenvalue weighted by Gasteiger charge is 2.20. The highest BCUT2D eigenvalue weighted by Crippen LogP contribution is 2.26. The lowest BCUT2D eigenvalue weighted by molar-refractivity contribution is 0.0821.